The molecule has 1 aliphatic carbocycles. The lowest BCUT2D eigenvalue weighted by Gasteiger charge is -2.16. The second-order valence-corrected chi connectivity index (χ2v) is 6.30. The molecule has 0 unspecified atom stereocenters. The van der Waals surface area contributed by atoms with Gasteiger partial charge in [0, 0.05) is 25.0 Å². The molecular formula is C19H24N4O. The largest absolute Gasteiger partial charge is 0.380 e. The van der Waals surface area contributed by atoms with Crippen LogP contribution in [0.25, 0.3) is 0 Å². The summed E-state index contributed by atoms with van der Waals surface area (Å²) in [5.41, 5.74) is 2.53. The molecule has 0 radical (unpaired) electrons. The van der Waals surface area contributed by atoms with Gasteiger partial charge >= 0.3 is 0 Å². The van der Waals surface area contributed by atoms with E-state index in [-0.39, 0.29) is 5.91 Å². The Morgan fingerprint density at radius 2 is 1.79 bits per heavy atom. The molecule has 0 saturated heterocycles. The van der Waals surface area contributed by atoms with E-state index in [2.05, 4.69) is 20.6 Å². The van der Waals surface area contributed by atoms with Crippen molar-refractivity contribution in [2.75, 3.05) is 5.32 Å². The molecule has 1 fully saturated rings. The summed E-state index contributed by atoms with van der Waals surface area (Å²) in [4.78, 5) is 20.6. The van der Waals surface area contributed by atoms with Crippen LogP contribution in [0.3, 0.4) is 0 Å². The van der Waals surface area contributed by atoms with E-state index >= 15 is 0 Å². The minimum Gasteiger partial charge on any atom is -0.380 e. The lowest BCUT2D eigenvalue weighted by molar-refractivity contribution is 0.0928. The summed E-state index contributed by atoms with van der Waals surface area (Å²) in [5, 5.41) is 6.42. The van der Waals surface area contributed by atoms with E-state index < -0.39 is 0 Å². The first-order chi connectivity index (χ1) is 11.8. The molecule has 0 aliphatic heterocycles. The van der Waals surface area contributed by atoms with Crippen LogP contribution >= 0.6 is 0 Å². The van der Waals surface area contributed by atoms with Crippen LogP contribution < -0.4 is 10.6 Å². The third-order valence-electron chi connectivity index (χ3n) is 4.43. The lowest BCUT2D eigenvalue weighted by Crippen LogP contribution is -2.34. The van der Waals surface area contributed by atoms with E-state index in [1.165, 1.54) is 25.7 Å². The summed E-state index contributed by atoms with van der Waals surface area (Å²) in [5.74, 6) is -0.0671. The summed E-state index contributed by atoms with van der Waals surface area (Å²) in [6.45, 7) is 0.706. The second kappa shape index (κ2) is 8.43. The fraction of sp³-hybridized carbons (Fsp3) is 0.421. The molecule has 2 N–H and O–H groups in total. The minimum absolute atomic E-state index is 0.0671. The van der Waals surface area contributed by atoms with Crippen LogP contribution in [0, 0.1) is 0 Å². The highest BCUT2D eigenvalue weighted by Crippen LogP contribution is 2.17. The van der Waals surface area contributed by atoms with Gasteiger partial charge in [-0.05, 0) is 42.7 Å². The van der Waals surface area contributed by atoms with Gasteiger partial charge in [-0.15, -0.1) is 0 Å². The molecule has 1 aliphatic rings. The third-order valence-corrected chi connectivity index (χ3v) is 4.43. The number of nitrogens with zero attached hydrogens (tertiary/aromatic N) is 2. The Labute approximate surface area is 142 Å². The first-order valence-electron chi connectivity index (χ1n) is 8.71. The predicted molar refractivity (Wildman–Crippen MR) is 94.8 cm³/mol. The van der Waals surface area contributed by atoms with Gasteiger partial charge in [0.1, 0.15) is 5.69 Å². The molecule has 24 heavy (non-hydrogen) atoms. The summed E-state index contributed by atoms with van der Waals surface area (Å²) in [6.07, 6.45) is 12.4. The Hall–Kier alpha value is -2.43. The highest BCUT2D eigenvalue weighted by molar-refractivity contribution is 5.92. The zero-order valence-electron chi connectivity index (χ0n) is 13.9. The van der Waals surface area contributed by atoms with Crippen LogP contribution in [0.1, 0.15) is 54.6 Å². The number of nitrogens with one attached hydrogen (secondary N) is 2. The smallest absolute Gasteiger partial charge is 0.270 e. The Morgan fingerprint density at radius 3 is 2.46 bits per heavy atom. The number of carbonyl (C=O) groups is 1. The van der Waals surface area contributed by atoms with Crippen LogP contribution in [0.15, 0.2) is 42.9 Å². The number of hydrogen-bond acceptors (Lipinski definition) is 4. The molecule has 126 valence electrons. The minimum atomic E-state index is -0.0671. The molecule has 1 saturated carbocycles. The number of pyridine rings is 2. The van der Waals surface area contributed by atoms with Crippen LogP contribution in [0.2, 0.25) is 0 Å². The quantitative estimate of drug-likeness (QED) is 0.826. The zero-order valence-corrected chi connectivity index (χ0v) is 13.9. The molecule has 2 aromatic rings. The van der Waals surface area contributed by atoms with Crippen molar-refractivity contribution in [2.45, 2.75) is 51.1 Å². The van der Waals surface area contributed by atoms with Crippen LogP contribution in [0.5, 0.6) is 0 Å². The molecule has 1 amide bonds. The second-order valence-electron chi connectivity index (χ2n) is 6.30. The number of anilines is 1. The van der Waals surface area contributed by atoms with Crippen molar-refractivity contribution in [1.29, 1.82) is 0 Å². The molecule has 0 aromatic carbocycles. The fourth-order valence-electron chi connectivity index (χ4n) is 3.02. The van der Waals surface area contributed by atoms with E-state index in [0.29, 0.717) is 18.3 Å². The van der Waals surface area contributed by atoms with Crippen LogP contribution in [0.4, 0.5) is 5.69 Å². The maximum absolute atomic E-state index is 12.3. The Kier molecular flexibility index (Phi) is 5.77. The lowest BCUT2D eigenvalue weighted by atomic mass is 10.1. The zero-order chi connectivity index (χ0) is 16.6. The Morgan fingerprint density at radius 1 is 1.04 bits per heavy atom. The maximum atomic E-state index is 12.3. The van der Waals surface area contributed by atoms with Crippen molar-refractivity contribution in [3.05, 3.63) is 54.1 Å². The molecule has 0 bridgehead atoms. The van der Waals surface area contributed by atoms with Crippen molar-refractivity contribution >= 4 is 11.6 Å². The molecule has 0 spiro atoms. The van der Waals surface area contributed by atoms with Gasteiger partial charge in [-0.1, -0.05) is 25.7 Å². The summed E-state index contributed by atoms with van der Waals surface area (Å²) in [7, 11) is 0. The van der Waals surface area contributed by atoms with Crippen molar-refractivity contribution in [1.82, 2.24) is 15.3 Å². The van der Waals surface area contributed by atoms with Gasteiger partial charge in [-0.2, -0.15) is 0 Å². The van der Waals surface area contributed by atoms with Crippen molar-refractivity contribution < 1.29 is 4.79 Å². The molecule has 5 heteroatoms. The van der Waals surface area contributed by atoms with Crippen LogP contribution in [-0.4, -0.2) is 21.9 Å². The number of carbonyl (C=O) groups excluding carboxylic acids is 1. The van der Waals surface area contributed by atoms with E-state index in [1.54, 1.807) is 24.7 Å². The van der Waals surface area contributed by atoms with Gasteiger partial charge < -0.3 is 10.6 Å². The summed E-state index contributed by atoms with van der Waals surface area (Å²) >= 11 is 0. The van der Waals surface area contributed by atoms with Gasteiger partial charge in [-0.25, -0.2) is 4.98 Å². The highest BCUT2D eigenvalue weighted by atomic mass is 16.1. The van der Waals surface area contributed by atoms with Gasteiger partial charge in [0.2, 0.25) is 0 Å². The standard InChI is InChI=1S/C19H24N4O/c24-19(23-16-5-3-1-2-4-6-16)18-8-7-17(14-22-18)21-13-15-9-11-20-12-10-15/h7-12,14,16,21H,1-6,13H2,(H,23,24). The monoisotopic (exact) mass is 324 g/mol. The van der Waals surface area contributed by atoms with Gasteiger partial charge in [-0.3, -0.25) is 9.78 Å². The maximum Gasteiger partial charge on any atom is 0.270 e. The fourth-order valence-corrected chi connectivity index (χ4v) is 3.02. The average Bonchev–Trinajstić information content (AvgIpc) is 2.90. The number of aromatic nitrogens is 2. The van der Waals surface area contributed by atoms with Gasteiger partial charge in [0.05, 0.1) is 11.9 Å². The van der Waals surface area contributed by atoms with Gasteiger partial charge in [0.15, 0.2) is 0 Å². The normalized spacial score (nSPS) is 15.5. The van der Waals surface area contributed by atoms with E-state index in [9.17, 15) is 4.79 Å². The van der Waals surface area contributed by atoms with Crippen molar-refractivity contribution in [3.63, 3.8) is 0 Å². The SMILES string of the molecule is O=C(NC1CCCCCC1)c1ccc(NCc2ccncc2)cn1. The first-order valence-corrected chi connectivity index (χ1v) is 8.71. The van der Waals surface area contributed by atoms with Crippen LogP contribution in [-0.2, 0) is 6.54 Å². The van der Waals surface area contributed by atoms with Crippen molar-refractivity contribution in [3.8, 4) is 0 Å². The molecule has 2 aromatic heterocycles. The van der Waals surface area contributed by atoms with Crippen molar-refractivity contribution in [2.24, 2.45) is 0 Å². The summed E-state index contributed by atoms with van der Waals surface area (Å²) < 4.78 is 0. The Balaban J connectivity index is 1.52. The molecular weight excluding hydrogens is 300 g/mol. The first kappa shape index (κ1) is 16.4. The topological polar surface area (TPSA) is 66.9 Å². The summed E-state index contributed by atoms with van der Waals surface area (Å²) in [6, 6.07) is 7.91. The van der Waals surface area contributed by atoms with E-state index in [1.807, 2.05) is 18.2 Å². The number of rotatable bonds is 5. The predicted octanol–water partition coefficient (Wildman–Crippen LogP) is 3.54. The van der Waals surface area contributed by atoms with E-state index in [0.717, 1.165) is 24.1 Å². The molecule has 2 heterocycles. The highest BCUT2D eigenvalue weighted by Gasteiger charge is 2.16. The molecule has 3 rings (SSSR count). The third kappa shape index (κ3) is 4.78. The Bertz CT molecular complexity index is 634. The number of hydrogen-bond donors (Lipinski definition) is 2. The van der Waals surface area contributed by atoms with Gasteiger partial charge in [0.25, 0.3) is 5.91 Å². The molecule has 5 nitrogen and oxygen atoms in total. The number of amides is 1. The average molecular weight is 324 g/mol. The van der Waals surface area contributed by atoms with E-state index in [4.69, 9.17) is 0 Å². The molecule has 0 atom stereocenters.